The normalized spacial score (nSPS) is 43.1. The fourth-order valence-corrected chi connectivity index (χ4v) is 4.66. The van der Waals surface area contributed by atoms with Crippen molar-refractivity contribution in [1.29, 1.82) is 0 Å². The van der Waals surface area contributed by atoms with Crippen LogP contribution in [0.1, 0.15) is 40.5 Å². The lowest BCUT2D eigenvalue weighted by Crippen LogP contribution is -2.49. The molecule has 4 rings (SSSR count). The van der Waals surface area contributed by atoms with Crippen molar-refractivity contribution in [2.75, 3.05) is 7.11 Å². The number of rotatable bonds is 4. The molecule has 0 unspecified atom stereocenters. The Kier molecular flexibility index (Phi) is 5.65. The van der Waals surface area contributed by atoms with Crippen LogP contribution in [0.4, 0.5) is 0 Å². The van der Waals surface area contributed by atoms with Gasteiger partial charge in [0.1, 0.15) is 12.2 Å². The van der Waals surface area contributed by atoms with E-state index in [0.29, 0.717) is 12.8 Å². The van der Waals surface area contributed by atoms with E-state index in [-0.39, 0.29) is 17.3 Å². The molecule has 3 fully saturated rings. The number of allylic oxidation sites excluding steroid dienone is 1. The maximum Gasteiger partial charge on any atom is 0.341 e. The van der Waals surface area contributed by atoms with Crippen LogP contribution in [-0.2, 0) is 47.6 Å². The topological polar surface area (TPSA) is 130 Å². The highest BCUT2D eigenvalue weighted by Gasteiger charge is 2.66. The summed E-state index contributed by atoms with van der Waals surface area (Å²) < 4.78 is 33.2. The van der Waals surface area contributed by atoms with Crippen molar-refractivity contribution in [3.63, 3.8) is 0 Å². The molecule has 3 aliphatic heterocycles. The second kappa shape index (κ2) is 7.95. The molecule has 10 heteroatoms. The van der Waals surface area contributed by atoms with Gasteiger partial charge < -0.3 is 28.4 Å². The Hall–Kier alpha value is -2.72. The standard InChI is InChI=1S/C23H28O10/c1-10-14-16(31-21(27)23(5)11(2)32-23)15(29-12(3)24)13(20(26)28-6)8-7-9-22(4)18(33-22)17(14)30-19(10)25/h8,11,14-18H,1,7,9H2,2-6H3/b13-8+/t11-,14+,15-,16-,17-,18-,22+,23+/m0/s1. The number of carbonyl (C=O) groups is 4. The summed E-state index contributed by atoms with van der Waals surface area (Å²) in [6.45, 7) is 10.2. The molecular formula is C23H28O10. The first-order valence-electron chi connectivity index (χ1n) is 10.8. The Balaban J connectivity index is 1.82. The molecule has 1 aliphatic carbocycles. The van der Waals surface area contributed by atoms with E-state index in [2.05, 4.69) is 6.58 Å². The molecule has 180 valence electrons. The van der Waals surface area contributed by atoms with E-state index in [4.69, 9.17) is 28.4 Å². The van der Waals surface area contributed by atoms with Gasteiger partial charge in [0.25, 0.3) is 0 Å². The van der Waals surface area contributed by atoms with Gasteiger partial charge in [-0.25, -0.2) is 14.4 Å². The Labute approximate surface area is 191 Å². The van der Waals surface area contributed by atoms with Crippen LogP contribution in [-0.4, -0.2) is 72.7 Å². The van der Waals surface area contributed by atoms with Gasteiger partial charge in [0.2, 0.25) is 0 Å². The van der Waals surface area contributed by atoms with Crippen LogP contribution in [0.25, 0.3) is 0 Å². The number of hydrogen-bond donors (Lipinski definition) is 0. The first kappa shape index (κ1) is 23.4. The van der Waals surface area contributed by atoms with Gasteiger partial charge in [-0.2, -0.15) is 0 Å². The quantitative estimate of drug-likeness (QED) is 0.258. The van der Waals surface area contributed by atoms with Gasteiger partial charge in [0.05, 0.1) is 30.3 Å². The molecule has 0 spiro atoms. The van der Waals surface area contributed by atoms with Crippen molar-refractivity contribution in [2.24, 2.45) is 5.92 Å². The number of fused-ring (bicyclic) bond motifs is 3. The minimum Gasteiger partial charge on any atom is -0.466 e. The van der Waals surface area contributed by atoms with Gasteiger partial charge in [-0.1, -0.05) is 12.7 Å². The summed E-state index contributed by atoms with van der Waals surface area (Å²) >= 11 is 0. The molecule has 10 nitrogen and oxygen atoms in total. The second-order valence-electron chi connectivity index (χ2n) is 9.23. The maximum atomic E-state index is 13.1. The highest BCUT2D eigenvalue weighted by atomic mass is 16.7. The van der Waals surface area contributed by atoms with Gasteiger partial charge in [0.15, 0.2) is 17.8 Å². The predicted octanol–water partition coefficient (Wildman–Crippen LogP) is 1.16. The first-order valence-corrected chi connectivity index (χ1v) is 10.8. The summed E-state index contributed by atoms with van der Waals surface area (Å²) in [6, 6.07) is 0. The smallest absolute Gasteiger partial charge is 0.341 e. The zero-order valence-electron chi connectivity index (χ0n) is 19.2. The molecule has 8 atom stereocenters. The molecule has 33 heavy (non-hydrogen) atoms. The zero-order chi connectivity index (χ0) is 24.3. The van der Waals surface area contributed by atoms with Crippen LogP contribution in [0.3, 0.4) is 0 Å². The van der Waals surface area contributed by atoms with Crippen LogP contribution in [0, 0.1) is 5.92 Å². The molecule has 0 amide bonds. The average molecular weight is 464 g/mol. The number of epoxide rings is 2. The van der Waals surface area contributed by atoms with Crippen LogP contribution in [0.2, 0.25) is 0 Å². The highest BCUT2D eigenvalue weighted by molar-refractivity contribution is 5.93. The predicted molar refractivity (Wildman–Crippen MR) is 110 cm³/mol. The van der Waals surface area contributed by atoms with E-state index in [0.717, 1.165) is 0 Å². The number of ether oxygens (including phenoxy) is 6. The van der Waals surface area contributed by atoms with E-state index in [9.17, 15) is 19.2 Å². The third-order valence-electron chi connectivity index (χ3n) is 6.97. The molecule has 0 aromatic carbocycles. The van der Waals surface area contributed by atoms with Crippen molar-refractivity contribution in [2.45, 2.75) is 82.3 Å². The van der Waals surface area contributed by atoms with E-state index in [1.54, 1.807) is 19.9 Å². The van der Waals surface area contributed by atoms with Gasteiger partial charge in [0, 0.05) is 12.5 Å². The van der Waals surface area contributed by atoms with Crippen LogP contribution in [0.5, 0.6) is 0 Å². The molecule has 0 aromatic heterocycles. The van der Waals surface area contributed by atoms with Crippen LogP contribution < -0.4 is 0 Å². The zero-order valence-corrected chi connectivity index (χ0v) is 19.2. The Morgan fingerprint density at radius 1 is 1.18 bits per heavy atom. The second-order valence-corrected chi connectivity index (χ2v) is 9.23. The van der Waals surface area contributed by atoms with Crippen molar-refractivity contribution in [3.8, 4) is 0 Å². The molecule has 3 saturated heterocycles. The van der Waals surface area contributed by atoms with E-state index >= 15 is 0 Å². The molecule has 4 aliphatic rings. The number of carbonyl (C=O) groups excluding carboxylic acids is 4. The molecule has 3 heterocycles. The SMILES string of the molecule is C=C1C(=O)O[C@H]2[C@H]1[C@H](OC(=O)[C@]1(C)O[C@H]1C)[C@@H](OC(C)=O)/C(C(=O)OC)=C\CC[C@@]1(C)O[C@@H]21. The van der Waals surface area contributed by atoms with E-state index in [1.165, 1.54) is 14.0 Å². The summed E-state index contributed by atoms with van der Waals surface area (Å²) in [7, 11) is 1.19. The largest absolute Gasteiger partial charge is 0.466 e. The van der Waals surface area contributed by atoms with Crippen molar-refractivity contribution in [3.05, 3.63) is 23.8 Å². The first-order chi connectivity index (χ1) is 15.4. The minimum atomic E-state index is -1.36. The molecule has 0 N–H and O–H groups in total. The molecule has 0 radical (unpaired) electrons. The van der Waals surface area contributed by atoms with Crippen LogP contribution in [0.15, 0.2) is 23.8 Å². The molecule has 0 saturated carbocycles. The van der Waals surface area contributed by atoms with Gasteiger partial charge >= 0.3 is 23.9 Å². The Morgan fingerprint density at radius 2 is 1.85 bits per heavy atom. The third kappa shape index (κ3) is 3.95. The summed E-state index contributed by atoms with van der Waals surface area (Å²) in [4.78, 5) is 50.4. The molecule has 0 bridgehead atoms. The lowest BCUT2D eigenvalue weighted by Gasteiger charge is -2.34. The van der Waals surface area contributed by atoms with Gasteiger partial charge in [-0.3, -0.25) is 4.79 Å². The molecule has 0 aromatic rings. The Morgan fingerprint density at radius 3 is 2.42 bits per heavy atom. The maximum absolute atomic E-state index is 13.1. The van der Waals surface area contributed by atoms with Crippen LogP contribution >= 0.6 is 0 Å². The van der Waals surface area contributed by atoms with E-state index < -0.39 is 65.4 Å². The number of esters is 4. The fourth-order valence-electron chi connectivity index (χ4n) is 4.66. The summed E-state index contributed by atoms with van der Waals surface area (Å²) in [6.07, 6.45) is -1.87. The van der Waals surface area contributed by atoms with E-state index in [1.807, 2.05) is 6.92 Å². The summed E-state index contributed by atoms with van der Waals surface area (Å²) in [5.74, 6) is -3.79. The Bertz CT molecular complexity index is 953. The van der Waals surface area contributed by atoms with Gasteiger partial charge in [-0.05, 0) is 33.6 Å². The van der Waals surface area contributed by atoms with Crippen molar-refractivity contribution in [1.82, 2.24) is 0 Å². The lowest BCUT2D eigenvalue weighted by molar-refractivity contribution is -0.175. The monoisotopic (exact) mass is 464 g/mol. The van der Waals surface area contributed by atoms with Crippen molar-refractivity contribution >= 4 is 23.9 Å². The third-order valence-corrected chi connectivity index (χ3v) is 6.97. The fraction of sp³-hybridized carbons (Fsp3) is 0.652. The molecular weight excluding hydrogens is 436 g/mol. The average Bonchev–Trinajstić information content (AvgIpc) is 3.57. The van der Waals surface area contributed by atoms with Crippen molar-refractivity contribution < 1.29 is 47.6 Å². The summed E-state index contributed by atoms with van der Waals surface area (Å²) in [5.41, 5.74) is -1.77. The summed E-state index contributed by atoms with van der Waals surface area (Å²) in [5, 5.41) is 0. The number of hydrogen-bond acceptors (Lipinski definition) is 10. The number of methoxy groups -OCH3 is 1. The lowest BCUT2D eigenvalue weighted by atomic mass is 9.80. The minimum absolute atomic E-state index is 0.00554. The highest BCUT2D eigenvalue weighted by Crippen LogP contribution is 2.51. The van der Waals surface area contributed by atoms with Gasteiger partial charge in [-0.15, -0.1) is 0 Å².